The predicted octanol–water partition coefficient (Wildman–Crippen LogP) is 12.0. The molecule has 0 N–H and O–H groups in total. The first-order chi connectivity index (χ1) is 24.8. The Bertz CT molecular complexity index is 2800. The Labute approximate surface area is 292 Å². The Morgan fingerprint density at radius 3 is 1.66 bits per heavy atom. The van der Waals surface area contributed by atoms with Gasteiger partial charge in [0.2, 0.25) is 0 Å². The minimum absolute atomic E-state index is 0.642. The molecule has 10 rings (SSSR count). The van der Waals surface area contributed by atoms with Gasteiger partial charge in [0.25, 0.3) is 0 Å². The summed E-state index contributed by atoms with van der Waals surface area (Å²) >= 11 is 1.87. The highest BCUT2D eigenvalue weighted by atomic mass is 32.1. The van der Waals surface area contributed by atoms with Crippen molar-refractivity contribution < 1.29 is 0 Å². The van der Waals surface area contributed by atoms with Gasteiger partial charge in [0.05, 0.1) is 11.0 Å². The van der Waals surface area contributed by atoms with Crippen molar-refractivity contribution in [2.45, 2.75) is 0 Å². The van der Waals surface area contributed by atoms with E-state index in [4.69, 9.17) is 15.0 Å². The van der Waals surface area contributed by atoms with E-state index in [0.717, 1.165) is 33.4 Å². The van der Waals surface area contributed by atoms with Crippen LogP contribution in [0, 0.1) is 0 Å². The number of benzene rings is 7. The molecule has 5 heteroatoms. The van der Waals surface area contributed by atoms with Crippen LogP contribution in [0.3, 0.4) is 0 Å². The molecule has 0 fully saturated rings. The molecule has 10 aromatic rings. The highest BCUT2D eigenvalue weighted by Crippen LogP contribution is 2.41. The molecular weight excluding hydrogens is 629 g/mol. The summed E-state index contributed by atoms with van der Waals surface area (Å²) in [7, 11) is 0. The minimum atomic E-state index is 0.642. The Balaban J connectivity index is 1.13. The topological polar surface area (TPSA) is 43.6 Å². The summed E-state index contributed by atoms with van der Waals surface area (Å²) in [5, 5.41) is 5.02. The third-order valence-electron chi connectivity index (χ3n) is 9.47. The van der Waals surface area contributed by atoms with Crippen LogP contribution in [-0.4, -0.2) is 19.5 Å². The van der Waals surface area contributed by atoms with E-state index in [1.54, 1.807) is 0 Å². The van der Waals surface area contributed by atoms with Gasteiger partial charge in [0.15, 0.2) is 17.5 Å². The monoisotopic (exact) mass is 656 g/mol. The van der Waals surface area contributed by atoms with Crippen LogP contribution in [0.15, 0.2) is 170 Å². The molecule has 0 aliphatic rings. The van der Waals surface area contributed by atoms with Crippen LogP contribution in [-0.2, 0) is 0 Å². The number of para-hydroxylation sites is 1. The quantitative estimate of drug-likeness (QED) is 0.185. The zero-order chi connectivity index (χ0) is 33.0. The molecule has 0 amide bonds. The van der Waals surface area contributed by atoms with Gasteiger partial charge in [-0.2, -0.15) is 0 Å². The van der Waals surface area contributed by atoms with Gasteiger partial charge in [-0.15, -0.1) is 11.3 Å². The van der Waals surface area contributed by atoms with Gasteiger partial charge in [0, 0.05) is 53.3 Å². The van der Waals surface area contributed by atoms with Crippen LogP contribution in [0.4, 0.5) is 0 Å². The molecule has 0 saturated carbocycles. The van der Waals surface area contributed by atoms with Crippen molar-refractivity contribution in [2.24, 2.45) is 0 Å². The summed E-state index contributed by atoms with van der Waals surface area (Å²) < 4.78 is 5.00. The molecule has 0 unspecified atom stereocenters. The van der Waals surface area contributed by atoms with Crippen LogP contribution in [0.2, 0.25) is 0 Å². The molecule has 3 heterocycles. The van der Waals surface area contributed by atoms with Crippen molar-refractivity contribution in [3.8, 4) is 51.0 Å². The predicted molar refractivity (Wildman–Crippen MR) is 209 cm³/mol. The summed E-state index contributed by atoms with van der Waals surface area (Å²) in [5.74, 6) is 1.95. The fourth-order valence-electron chi connectivity index (χ4n) is 7.09. The molecular formula is C45H28N4S. The normalized spacial score (nSPS) is 11.6. The zero-order valence-electron chi connectivity index (χ0n) is 26.9. The second-order valence-electron chi connectivity index (χ2n) is 12.5. The van der Waals surface area contributed by atoms with Crippen molar-refractivity contribution in [3.63, 3.8) is 0 Å². The lowest BCUT2D eigenvalue weighted by Crippen LogP contribution is -2.00. The maximum atomic E-state index is 5.02. The highest BCUT2D eigenvalue weighted by molar-refractivity contribution is 7.26. The summed E-state index contributed by atoms with van der Waals surface area (Å²) in [6.07, 6.45) is 0. The average Bonchev–Trinajstić information content (AvgIpc) is 3.74. The summed E-state index contributed by atoms with van der Waals surface area (Å²) in [4.78, 5) is 14.9. The average molecular weight is 657 g/mol. The van der Waals surface area contributed by atoms with Gasteiger partial charge >= 0.3 is 0 Å². The fourth-order valence-corrected chi connectivity index (χ4v) is 8.33. The molecule has 234 valence electrons. The third kappa shape index (κ3) is 4.71. The van der Waals surface area contributed by atoms with Crippen LogP contribution >= 0.6 is 11.3 Å². The molecule has 50 heavy (non-hydrogen) atoms. The van der Waals surface area contributed by atoms with Crippen LogP contribution in [0.25, 0.3) is 93.0 Å². The minimum Gasteiger partial charge on any atom is -0.309 e. The number of fused-ring (bicyclic) bond motifs is 6. The fraction of sp³-hybridized carbons (Fsp3) is 0. The van der Waals surface area contributed by atoms with Crippen molar-refractivity contribution in [1.29, 1.82) is 0 Å². The smallest absolute Gasteiger partial charge is 0.164 e. The lowest BCUT2D eigenvalue weighted by Gasteiger charge is -2.11. The number of aromatic nitrogens is 4. The zero-order valence-corrected chi connectivity index (χ0v) is 27.7. The Morgan fingerprint density at radius 2 is 0.940 bits per heavy atom. The standard InChI is InChI=1S/C45H28N4S/c1-3-12-30(13-4-1)43-46-44(31-14-5-2-6-15-31)48-45(47-43)32-24-27-36-35-16-7-9-20-39(35)49(40(36)28-32)33-25-22-29(23-26-33)34-18-11-19-38-37-17-8-10-21-41(37)50-42(34)38/h1-28H. The van der Waals surface area contributed by atoms with E-state index in [1.165, 1.54) is 42.1 Å². The van der Waals surface area contributed by atoms with Gasteiger partial charge in [-0.1, -0.05) is 140 Å². The number of hydrogen-bond acceptors (Lipinski definition) is 4. The van der Waals surface area contributed by atoms with Crippen molar-refractivity contribution >= 4 is 53.3 Å². The van der Waals surface area contributed by atoms with Gasteiger partial charge in [-0.25, -0.2) is 15.0 Å². The summed E-state index contributed by atoms with van der Waals surface area (Å²) in [6.45, 7) is 0. The Hall–Kier alpha value is -6.43. The molecule has 3 aromatic heterocycles. The molecule has 0 saturated heterocycles. The Morgan fingerprint density at radius 1 is 0.380 bits per heavy atom. The molecule has 0 radical (unpaired) electrons. The largest absolute Gasteiger partial charge is 0.309 e. The first kappa shape index (κ1) is 28.6. The molecule has 4 nitrogen and oxygen atoms in total. The number of hydrogen-bond donors (Lipinski definition) is 0. The Kier molecular flexibility index (Phi) is 6.64. The van der Waals surface area contributed by atoms with E-state index in [-0.39, 0.29) is 0 Å². The molecule has 7 aromatic carbocycles. The van der Waals surface area contributed by atoms with Gasteiger partial charge in [-0.05, 0) is 41.5 Å². The third-order valence-corrected chi connectivity index (χ3v) is 10.7. The van der Waals surface area contributed by atoms with Gasteiger partial charge < -0.3 is 4.57 Å². The number of rotatable bonds is 5. The van der Waals surface area contributed by atoms with Gasteiger partial charge in [0.1, 0.15) is 0 Å². The van der Waals surface area contributed by atoms with Crippen LogP contribution < -0.4 is 0 Å². The summed E-state index contributed by atoms with van der Waals surface area (Å²) in [5.41, 5.74) is 8.68. The maximum absolute atomic E-state index is 5.02. The van der Waals surface area contributed by atoms with Gasteiger partial charge in [-0.3, -0.25) is 0 Å². The molecule has 0 atom stereocenters. The van der Waals surface area contributed by atoms with Crippen LogP contribution in [0.1, 0.15) is 0 Å². The van der Waals surface area contributed by atoms with Crippen molar-refractivity contribution in [1.82, 2.24) is 19.5 Å². The second-order valence-corrected chi connectivity index (χ2v) is 13.5. The molecule has 0 aliphatic carbocycles. The summed E-state index contributed by atoms with van der Waals surface area (Å²) in [6, 6.07) is 59.7. The SMILES string of the molecule is c1ccc(-c2nc(-c3ccccc3)nc(-c3ccc4c5ccccc5n(-c5ccc(-c6cccc7c6sc6ccccc67)cc5)c4c3)n2)cc1. The van der Waals surface area contributed by atoms with E-state index < -0.39 is 0 Å². The van der Waals surface area contributed by atoms with E-state index in [9.17, 15) is 0 Å². The number of nitrogens with zero attached hydrogens (tertiary/aromatic N) is 4. The van der Waals surface area contributed by atoms with E-state index in [2.05, 4.69) is 114 Å². The molecule has 0 spiro atoms. The first-order valence-electron chi connectivity index (χ1n) is 16.7. The maximum Gasteiger partial charge on any atom is 0.164 e. The van der Waals surface area contributed by atoms with E-state index in [0.29, 0.717) is 17.5 Å². The van der Waals surface area contributed by atoms with Crippen LogP contribution in [0.5, 0.6) is 0 Å². The highest BCUT2D eigenvalue weighted by Gasteiger charge is 2.17. The lowest BCUT2D eigenvalue weighted by molar-refractivity contribution is 1.07. The van der Waals surface area contributed by atoms with Crippen molar-refractivity contribution in [2.75, 3.05) is 0 Å². The molecule has 0 bridgehead atoms. The first-order valence-corrected chi connectivity index (χ1v) is 17.5. The van der Waals surface area contributed by atoms with E-state index in [1.807, 2.05) is 72.0 Å². The second kappa shape index (κ2) is 11.6. The molecule has 0 aliphatic heterocycles. The lowest BCUT2D eigenvalue weighted by atomic mass is 10.0. The number of thiophene rings is 1. The van der Waals surface area contributed by atoms with Crippen molar-refractivity contribution in [3.05, 3.63) is 170 Å². The van der Waals surface area contributed by atoms with E-state index >= 15 is 0 Å².